The lowest BCUT2D eigenvalue weighted by Crippen LogP contribution is -2.35. The Labute approximate surface area is 137 Å². The summed E-state index contributed by atoms with van der Waals surface area (Å²) in [4.78, 5) is 14.7. The van der Waals surface area contributed by atoms with Gasteiger partial charge in [-0.3, -0.25) is 4.79 Å². The third-order valence-electron chi connectivity index (χ3n) is 6.51. The zero-order chi connectivity index (χ0) is 16.1. The van der Waals surface area contributed by atoms with Crippen molar-refractivity contribution in [2.75, 3.05) is 20.8 Å². The summed E-state index contributed by atoms with van der Waals surface area (Å²) in [6, 6.07) is 7.35. The van der Waals surface area contributed by atoms with Gasteiger partial charge in [0.2, 0.25) is 5.91 Å². The molecule has 4 rings (SSSR count). The first-order valence-electron chi connectivity index (χ1n) is 8.67. The number of fused-ring (bicyclic) bond motifs is 5. The molecule has 5 atom stereocenters. The van der Waals surface area contributed by atoms with Gasteiger partial charge in [0.25, 0.3) is 0 Å². The van der Waals surface area contributed by atoms with Crippen LogP contribution in [0, 0.1) is 29.6 Å². The van der Waals surface area contributed by atoms with Crippen molar-refractivity contribution in [1.82, 2.24) is 4.90 Å². The van der Waals surface area contributed by atoms with E-state index in [4.69, 9.17) is 4.74 Å². The highest BCUT2D eigenvalue weighted by Crippen LogP contribution is 2.69. The molecule has 2 bridgehead atoms. The second kappa shape index (κ2) is 5.52. The fourth-order valence-electron chi connectivity index (χ4n) is 5.32. The Balaban J connectivity index is 1.48. The van der Waals surface area contributed by atoms with Crippen LogP contribution in [0.1, 0.15) is 30.9 Å². The van der Waals surface area contributed by atoms with E-state index in [1.165, 1.54) is 19.3 Å². The first kappa shape index (κ1) is 15.0. The summed E-state index contributed by atoms with van der Waals surface area (Å²) in [7, 11) is 3.47. The summed E-state index contributed by atoms with van der Waals surface area (Å²) in [6.07, 6.45) is 3.99. The molecule has 0 aliphatic heterocycles. The minimum Gasteiger partial charge on any atom is -0.497 e. The van der Waals surface area contributed by atoms with Crippen LogP contribution < -0.4 is 4.74 Å². The molecule has 3 aliphatic rings. The van der Waals surface area contributed by atoms with E-state index in [1.54, 1.807) is 12.0 Å². The summed E-state index contributed by atoms with van der Waals surface area (Å²) >= 11 is 0. The van der Waals surface area contributed by atoms with Crippen molar-refractivity contribution in [3.8, 4) is 5.75 Å². The molecule has 0 radical (unpaired) electrons. The lowest BCUT2D eigenvalue weighted by atomic mass is 10.00. The van der Waals surface area contributed by atoms with Gasteiger partial charge < -0.3 is 14.7 Å². The van der Waals surface area contributed by atoms with Crippen molar-refractivity contribution in [3.63, 3.8) is 0 Å². The van der Waals surface area contributed by atoms with Crippen LogP contribution in [0.25, 0.3) is 0 Å². The van der Waals surface area contributed by atoms with E-state index in [-0.39, 0.29) is 24.5 Å². The predicted octanol–water partition coefficient (Wildman–Crippen LogP) is 2.48. The fourth-order valence-corrected chi connectivity index (χ4v) is 5.32. The van der Waals surface area contributed by atoms with E-state index < -0.39 is 0 Å². The number of likely N-dealkylation sites (N-methyl/N-ethyl adjacent to an activating group) is 1. The third kappa shape index (κ3) is 2.26. The molecule has 3 aliphatic carbocycles. The Morgan fingerprint density at radius 2 is 1.87 bits per heavy atom. The molecule has 1 aromatic rings. The summed E-state index contributed by atoms with van der Waals surface area (Å²) in [6.45, 7) is -0.0521. The summed E-state index contributed by atoms with van der Waals surface area (Å²) < 4.78 is 5.18. The molecule has 0 aromatic heterocycles. The molecule has 3 saturated carbocycles. The standard InChI is InChI=1S/C19H25NO3/c1-20(15(10-21)11-5-7-14(23-2)8-6-11)19(22)18-16-12-3-4-13(9-12)17(16)18/h5-8,12-13,15-18,21H,3-4,9-10H2,1-2H3. The summed E-state index contributed by atoms with van der Waals surface area (Å²) in [5.74, 6) is 4.09. The second-order valence-corrected chi connectivity index (χ2v) is 7.43. The Hall–Kier alpha value is -1.55. The van der Waals surface area contributed by atoms with Crippen molar-refractivity contribution >= 4 is 5.91 Å². The van der Waals surface area contributed by atoms with Gasteiger partial charge in [0, 0.05) is 13.0 Å². The Bertz CT molecular complexity index is 583. The number of methoxy groups -OCH3 is 1. The van der Waals surface area contributed by atoms with Crippen molar-refractivity contribution < 1.29 is 14.6 Å². The number of carbonyl (C=O) groups excluding carboxylic acids is 1. The maximum atomic E-state index is 12.9. The Kier molecular flexibility index (Phi) is 3.60. The number of carbonyl (C=O) groups is 1. The number of nitrogens with zero attached hydrogens (tertiary/aromatic N) is 1. The number of hydrogen-bond acceptors (Lipinski definition) is 3. The van der Waals surface area contributed by atoms with Gasteiger partial charge in [0.15, 0.2) is 0 Å². The molecule has 0 spiro atoms. The summed E-state index contributed by atoms with van der Waals surface area (Å²) in [5, 5.41) is 9.82. The number of ether oxygens (including phenoxy) is 1. The molecule has 4 heteroatoms. The zero-order valence-electron chi connectivity index (χ0n) is 13.8. The number of hydrogen-bond donors (Lipinski definition) is 1. The predicted molar refractivity (Wildman–Crippen MR) is 86.9 cm³/mol. The van der Waals surface area contributed by atoms with Crippen molar-refractivity contribution in [3.05, 3.63) is 29.8 Å². The first-order chi connectivity index (χ1) is 11.2. The molecule has 1 amide bonds. The molecule has 1 aromatic carbocycles. The lowest BCUT2D eigenvalue weighted by Gasteiger charge is -2.28. The van der Waals surface area contributed by atoms with Crippen molar-refractivity contribution in [2.45, 2.75) is 25.3 Å². The molecule has 0 heterocycles. The minimum atomic E-state index is -0.271. The SMILES string of the molecule is COc1ccc(C(CO)N(C)C(=O)C2C3C4CCC(C4)C23)cc1. The maximum Gasteiger partial charge on any atom is 0.226 e. The first-order valence-corrected chi connectivity index (χ1v) is 8.67. The normalized spacial score (nSPS) is 34.8. The highest BCUT2D eigenvalue weighted by Gasteiger charge is 2.68. The van der Waals surface area contributed by atoms with Crippen LogP contribution in [-0.2, 0) is 4.79 Å². The highest BCUT2D eigenvalue weighted by molar-refractivity contribution is 5.83. The fraction of sp³-hybridized carbons (Fsp3) is 0.632. The van der Waals surface area contributed by atoms with Crippen LogP contribution in [0.4, 0.5) is 0 Å². The number of aliphatic hydroxyl groups is 1. The number of benzene rings is 1. The molecule has 1 N–H and O–H groups in total. The van der Waals surface area contributed by atoms with Crippen LogP contribution in [0.2, 0.25) is 0 Å². The largest absolute Gasteiger partial charge is 0.497 e. The van der Waals surface area contributed by atoms with E-state index in [0.717, 1.165) is 23.1 Å². The lowest BCUT2D eigenvalue weighted by molar-refractivity contribution is -0.135. The quantitative estimate of drug-likeness (QED) is 0.908. The van der Waals surface area contributed by atoms with Crippen LogP contribution >= 0.6 is 0 Å². The number of rotatable bonds is 5. The van der Waals surface area contributed by atoms with Gasteiger partial charge in [0.05, 0.1) is 19.8 Å². The third-order valence-corrected chi connectivity index (χ3v) is 6.51. The van der Waals surface area contributed by atoms with Crippen LogP contribution in [-0.4, -0.2) is 36.7 Å². The monoisotopic (exact) mass is 315 g/mol. The molecular weight excluding hydrogens is 290 g/mol. The molecule has 0 saturated heterocycles. The van der Waals surface area contributed by atoms with Crippen LogP contribution in [0.15, 0.2) is 24.3 Å². The van der Waals surface area contributed by atoms with Crippen LogP contribution in [0.5, 0.6) is 5.75 Å². The van der Waals surface area contributed by atoms with Gasteiger partial charge in [-0.1, -0.05) is 12.1 Å². The topological polar surface area (TPSA) is 49.8 Å². The Morgan fingerprint density at radius 1 is 1.26 bits per heavy atom. The van der Waals surface area contributed by atoms with Crippen LogP contribution in [0.3, 0.4) is 0 Å². The molecule has 5 unspecified atom stereocenters. The molecule has 124 valence electrons. The van der Waals surface area contributed by atoms with Gasteiger partial charge in [-0.15, -0.1) is 0 Å². The van der Waals surface area contributed by atoms with Gasteiger partial charge in [-0.25, -0.2) is 0 Å². The zero-order valence-corrected chi connectivity index (χ0v) is 13.8. The van der Waals surface area contributed by atoms with E-state index in [1.807, 2.05) is 31.3 Å². The number of amides is 1. The highest BCUT2D eigenvalue weighted by atomic mass is 16.5. The van der Waals surface area contributed by atoms with Gasteiger partial charge in [-0.2, -0.15) is 0 Å². The Morgan fingerprint density at radius 3 is 2.39 bits per heavy atom. The van der Waals surface area contributed by atoms with Gasteiger partial charge in [0.1, 0.15) is 5.75 Å². The van der Waals surface area contributed by atoms with Crippen molar-refractivity contribution in [2.24, 2.45) is 29.6 Å². The van der Waals surface area contributed by atoms with Gasteiger partial charge in [-0.05, 0) is 60.6 Å². The van der Waals surface area contributed by atoms with E-state index in [9.17, 15) is 9.90 Å². The smallest absolute Gasteiger partial charge is 0.226 e. The molecule has 23 heavy (non-hydrogen) atoms. The van der Waals surface area contributed by atoms with Crippen molar-refractivity contribution in [1.29, 1.82) is 0 Å². The molecular formula is C19H25NO3. The molecule has 3 fully saturated rings. The second-order valence-electron chi connectivity index (χ2n) is 7.43. The average Bonchev–Trinajstić information content (AvgIpc) is 3.01. The van der Waals surface area contributed by atoms with E-state index in [2.05, 4.69) is 0 Å². The minimum absolute atomic E-state index is 0.0521. The van der Waals surface area contributed by atoms with E-state index in [0.29, 0.717) is 11.8 Å². The maximum absolute atomic E-state index is 12.9. The number of aliphatic hydroxyl groups excluding tert-OH is 1. The van der Waals surface area contributed by atoms with E-state index >= 15 is 0 Å². The summed E-state index contributed by atoms with van der Waals surface area (Å²) in [5.41, 5.74) is 0.956. The van der Waals surface area contributed by atoms with Gasteiger partial charge >= 0.3 is 0 Å². The average molecular weight is 315 g/mol. The molecule has 4 nitrogen and oxygen atoms in total.